The summed E-state index contributed by atoms with van der Waals surface area (Å²) < 4.78 is 0. The summed E-state index contributed by atoms with van der Waals surface area (Å²) in [5.74, 6) is 1.44. The second-order valence-corrected chi connectivity index (χ2v) is 7.72. The van der Waals surface area contributed by atoms with E-state index in [1.807, 2.05) is 59.5 Å². The van der Waals surface area contributed by atoms with E-state index < -0.39 is 0 Å². The van der Waals surface area contributed by atoms with Gasteiger partial charge in [0.15, 0.2) is 5.82 Å². The fourth-order valence-electron chi connectivity index (χ4n) is 3.91. The molecule has 33 heavy (non-hydrogen) atoms. The number of rotatable bonds is 5. The summed E-state index contributed by atoms with van der Waals surface area (Å²) in [4.78, 5) is 28.2. The highest BCUT2D eigenvalue weighted by Crippen LogP contribution is 2.26. The van der Waals surface area contributed by atoms with Gasteiger partial charge in [-0.25, -0.2) is 9.97 Å². The lowest BCUT2D eigenvalue weighted by molar-refractivity contribution is 0.0917. The number of benzene rings is 2. The van der Waals surface area contributed by atoms with Crippen molar-refractivity contribution in [1.29, 1.82) is 0 Å². The Balaban J connectivity index is 0.00000126. The zero-order chi connectivity index (χ0) is 23.0. The predicted molar refractivity (Wildman–Crippen MR) is 139 cm³/mol. The van der Waals surface area contributed by atoms with Gasteiger partial charge in [0.25, 0.3) is 5.91 Å². The Morgan fingerprint density at radius 3 is 2.45 bits per heavy atom. The summed E-state index contributed by atoms with van der Waals surface area (Å²) in [6, 6.07) is 17.8. The number of carbonyl (C=O) groups excluding carboxylic acids is 1. The van der Waals surface area contributed by atoms with Crippen LogP contribution in [0.2, 0.25) is 0 Å². The van der Waals surface area contributed by atoms with Crippen LogP contribution in [0.3, 0.4) is 0 Å². The van der Waals surface area contributed by atoms with Gasteiger partial charge in [0.2, 0.25) is 11.8 Å². The van der Waals surface area contributed by atoms with Crippen LogP contribution in [0.15, 0.2) is 54.6 Å². The van der Waals surface area contributed by atoms with Crippen LogP contribution in [0.1, 0.15) is 42.7 Å². The predicted octanol–water partition coefficient (Wildman–Crippen LogP) is 5.27. The first-order valence-corrected chi connectivity index (χ1v) is 13.1. The molecule has 1 saturated carbocycles. The standard InChI is InChI=1S/C23H23N7O.CH3I/c31-22(24-16-11-5-2-6-12-16)21-28-23(30-29-21)27-20-17-13-7-8-14-18(17)25-19(26-20)15-9-3-1-4-10-15;1-2/h1,3-4,7-10,13-14,16H,2,5-6,11-12H2,(H,24,31)(H2,25,26,27,28,29,30);1H3. The topological polar surface area (TPSA) is 108 Å². The third-order valence-corrected chi connectivity index (χ3v) is 5.51. The van der Waals surface area contributed by atoms with Gasteiger partial charge in [0, 0.05) is 17.0 Å². The summed E-state index contributed by atoms with van der Waals surface area (Å²) >= 11 is 2.15. The van der Waals surface area contributed by atoms with E-state index in [0.717, 1.165) is 42.1 Å². The zero-order valence-electron chi connectivity index (χ0n) is 18.4. The molecule has 0 spiro atoms. The Morgan fingerprint density at radius 1 is 0.939 bits per heavy atom. The number of carbonyl (C=O) groups is 1. The number of nitrogens with one attached hydrogen (secondary N) is 3. The third-order valence-electron chi connectivity index (χ3n) is 5.51. The molecule has 0 saturated heterocycles. The Bertz CT molecular complexity index is 1210. The number of anilines is 2. The first-order chi connectivity index (χ1) is 16.3. The van der Waals surface area contributed by atoms with Crippen molar-refractivity contribution < 1.29 is 4.79 Å². The van der Waals surface area contributed by atoms with Gasteiger partial charge in [-0.05, 0) is 29.9 Å². The number of para-hydroxylation sites is 1. The van der Waals surface area contributed by atoms with Crippen molar-refractivity contribution in [2.75, 3.05) is 10.2 Å². The molecule has 8 nitrogen and oxygen atoms in total. The minimum atomic E-state index is -0.232. The summed E-state index contributed by atoms with van der Waals surface area (Å²) in [6.45, 7) is 0. The number of alkyl halides is 1. The molecule has 0 bridgehead atoms. The van der Waals surface area contributed by atoms with Gasteiger partial charge in [0.05, 0.1) is 5.52 Å². The fraction of sp³-hybridized carbons (Fsp3) is 0.292. The van der Waals surface area contributed by atoms with Crippen LogP contribution in [0.4, 0.5) is 11.8 Å². The van der Waals surface area contributed by atoms with Gasteiger partial charge in [-0.15, -0.1) is 5.10 Å². The summed E-state index contributed by atoms with van der Waals surface area (Å²) in [5.41, 5.74) is 1.73. The van der Waals surface area contributed by atoms with Crippen LogP contribution in [0.25, 0.3) is 22.3 Å². The molecule has 4 aromatic rings. The van der Waals surface area contributed by atoms with Crippen molar-refractivity contribution >= 4 is 51.2 Å². The average molecular weight is 555 g/mol. The molecule has 3 N–H and O–H groups in total. The van der Waals surface area contributed by atoms with E-state index in [2.05, 4.69) is 53.4 Å². The highest BCUT2D eigenvalue weighted by Gasteiger charge is 2.19. The number of H-pyrrole nitrogens is 1. The first kappa shape index (κ1) is 23.1. The molecule has 0 atom stereocenters. The molecule has 1 amide bonds. The summed E-state index contributed by atoms with van der Waals surface area (Å²) in [5, 5.41) is 13.9. The molecule has 0 aliphatic heterocycles. The molecule has 9 heteroatoms. The van der Waals surface area contributed by atoms with Crippen LogP contribution in [0.5, 0.6) is 0 Å². The Hall–Kier alpha value is -3.08. The Morgan fingerprint density at radius 2 is 1.67 bits per heavy atom. The zero-order valence-corrected chi connectivity index (χ0v) is 20.5. The van der Waals surface area contributed by atoms with Crippen molar-refractivity contribution in [3.05, 3.63) is 60.4 Å². The second kappa shape index (κ2) is 11.2. The molecule has 2 heterocycles. The SMILES string of the molecule is CI.O=C(NC1CCCCC1)c1nc(Nc2nc(-c3ccccc3)nc3ccccc23)n[nH]1. The van der Waals surface area contributed by atoms with E-state index in [4.69, 9.17) is 4.98 Å². The number of aromatic nitrogens is 5. The van der Waals surface area contributed by atoms with Crippen molar-refractivity contribution in [3.63, 3.8) is 0 Å². The smallest absolute Gasteiger partial charge is 0.288 e. The molecular weight excluding hydrogens is 529 g/mol. The van der Waals surface area contributed by atoms with Gasteiger partial charge in [-0.1, -0.05) is 84.3 Å². The molecule has 1 fully saturated rings. The highest BCUT2D eigenvalue weighted by atomic mass is 127. The fourth-order valence-corrected chi connectivity index (χ4v) is 3.91. The molecule has 0 unspecified atom stereocenters. The molecule has 1 aliphatic carbocycles. The molecule has 2 aromatic heterocycles. The monoisotopic (exact) mass is 555 g/mol. The van der Waals surface area contributed by atoms with Gasteiger partial charge in [-0.3, -0.25) is 9.89 Å². The van der Waals surface area contributed by atoms with Crippen LogP contribution in [-0.2, 0) is 0 Å². The third kappa shape index (κ3) is 5.65. The molecule has 0 radical (unpaired) electrons. The van der Waals surface area contributed by atoms with E-state index >= 15 is 0 Å². The van der Waals surface area contributed by atoms with Gasteiger partial charge in [-0.2, -0.15) is 4.98 Å². The number of hydrogen-bond donors (Lipinski definition) is 3. The van der Waals surface area contributed by atoms with Gasteiger partial charge in [0.1, 0.15) is 5.82 Å². The van der Waals surface area contributed by atoms with E-state index in [9.17, 15) is 4.79 Å². The number of nitrogens with zero attached hydrogens (tertiary/aromatic N) is 4. The molecular formula is C24H26IN7O. The minimum absolute atomic E-state index is 0.190. The maximum Gasteiger partial charge on any atom is 0.288 e. The quantitative estimate of drug-likeness (QED) is 0.229. The van der Waals surface area contributed by atoms with E-state index in [1.54, 1.807) is 0 Å². The van der Waals surface area contributed by atoms with Crippen LogP contribution < -0.4 is 10.6 Å². The first-order valence-electron chi connectivity index (χ1n) is 11.0. The normalized spacial score (nSPS) is 13.8. The van der Waals surface area contributed by atoms with E-state index in [1.165, 1.54) is 6.42 Å². The van der Waals surface area contributed by atoms with E-state index in [-0.39, 0.29) is 23.7 Å². The van der Waals surface area contributed by atoms with Crippen LogP contribution in [-0.4, -0.2) is 42.0 Å². The number of amides is 1. The molecule has 2 aromatic carbocycles. The van der Waals surface area contributed by atoms with Gasteiger partial charge >= 0.3 is 0 Å². The lowest BCUT2D eigenvalue weighted by Crippen LogP contribution is -2.36. The van der Waals surface area contributed by atoms with E-state index in [0.29, 0.717) is 11.6 Å². The maximum absolute atomic E-state index is 12.5. The number of aromatic amines is 1. The maximum atomic E-state index is 12.5. The van der Waals surface area contributed by atoms with Crippen molar-refractivity contribution in [3.8, 4) is 11.4 Å². The van der Waals surface area contributed by atoms with Crippen molar-refractivity contribution in [2.45, 2.75) is 38.1 Å². The lowest BCUT2D eigenvalue weighted by atomic mass is 9.95. The lowest BCUT2D eigenvalue weighted by Gasteiger charge is -2.21. The number of hydrogen-bond acceptors (Lipinski definition) is 6. The number of halogens is 1. The molecule has 170 valence electrons. The molecule has 5 rings (SSSR count). The summed E-state index contributed by atoms with van der Waals surface area (Å²) in [7, 11) is 0. The second-order valence-electron chi connectivity index (χ2n) is 7.72. The average Bonchev–Trinajstić information content (AvgIpc) is 3.35. The van der Waals surface area contributed by atoms with Crippen LogP contribution >= 0.6 is 22.6 Å². The Labute approximate surface area is 206 Å². The summed E-state index contributed by atoms with van der Waals surface area (Å²) in [6.07, 6.45) is 5.57. The minimum Gasteiger partial charge on any atom is -0.347 e. The highest BCUT2D eigenvalue weighted by molar-refractivity contribution is 14.1. The largest absolute Gasteiger partial charge is 0.347 e. The Kier molecular flexibility index (Phi) is 7.82. The number of fused-ring (bicyclic) bond motifs is 1. The molecule has 1 aliphatic rings. The van der Waals surface area contributed by atoms with Crippen molar-refractivity contribution in [1.82, 2.24) is 30.5 Å². The van der Waals surface area contributed by atoms with Crippen molar-refractivity contribution in [2.24, 2.45) is 0 Å². The van der Waals surface area contributed by atoms with Gasteiger partial charge < -0.3 is 10.6 Å². The van der Waals surface area contributed by atoms with Crippen LogP contribution in [0, 0.1) is 0 Å².